The van der Waals surface area contributed by atoms with Gasteiger partial charge in [0.2, 0.25) is 0 Å². The summed E-state index contributed by atoms with van der Waals surface area (Å²) >= 11 is 0. The van der Waals surface area contributed by atoms with E-state index in [1.54, 1.807) is 0 Å². The zero-order valence-corrected chi connectivity index (χ0v) is 19.0. The Kier molecular flexibility index (Phi) is 5.97. The van der Waals surface area contributed by atoms with Crippen molar-refractivity contribution in [3.8, 4) is 11.3 Å². The molecular weight excluding hydrogens is 388 g/mol. The quantitative estimate of drug-likeness (QED) is 0.765. The molecule has 2 aliphatic heterocycles. The minimum atomic E-state index is 0.617. The van der Waals surface area contributed by atoms with Gasteiger partial charge in [0.25, 0.3) is 0 Å². The first-order valence-corrected chi connectivity index (χ1v) is 12.0. The van der Waals surface area contributed by atoms with Crippen LogP contribution < -0.4 is 5.32 Å². The SMILES string of the molecule is Cc1nn(C)cc1-c1ccc(NCC2CC3(CCN(CC4CCOCC4)CC3)C2)nn1. The van der Waals surface area contributed by atoms with Crippen LogP contribution in [0.5, 0.6) is 0 Å². The molecule has 0 bridgehead atoms. The highest BCUT2D eigenvalue weighted by atomic mass is 16.5. The van der Waals surface area contributed by atoms with Crippen molar-refractivity contribution in [2.75, 3.05) is 44.7 Å². The molecule has 168 valence electrons. The lowest BCUT2D eigenvalue weighted by molar-refractivity contribution is -0.0186. The molecule has 1 spiro atoms. The van der Waals surface area contributed by atoms with Crippen molar-refractivity contribution in [2.24, 2.45) is 24.3 Å². The van der Waals surface area contributed by atoms with Crippen molar-refractivity contribution in [1.82, 2.24) is 24.9 Å². The van der Waals surface area contributed by atoms with Crippen molar-refractivity contribution < 1.29 is 4.74 Å². The molecule has 3 aliphatic rings. The molecule has 0 unspecified atom stereocenters. The fourth-order valence-corrected chi connectivity index (χ4v) is 5.89. The van der Waals surface area contributed by atoms with E-state index >= 15 is 0 Å². The highest BCUT2D eigenvalue weighted by Gasteiger charge is 2.45. The lowest BCUT2D eigenvalue weighted by Gasteiger charge is -2.53. The van der Waals surface area contributed by atoms with Crippen molar-refractivity contribution in [3.63, 3.8) is 0 Å². The van der Waals surface area contributed by atoms with Crippen LogP contribution >= 0.6 is 0 Å². The van der Waals surface area contributed by atoms with E-state index in [4.69, 9.17) is 4.74 Å². The van der Waals surface area contributed by atoms with Crippen LogP contribution in [-0.2, 0) is 11.8 Å². The fourth-order valence-electron chi connectivity index (χ4n) is 5.89. The molecular formula is C24H36N6O. The third-order valence-electron chi connectivity index (χ3n) is 7.74. The van der Waals surface area contributed by atoms with Gasteiger partial charge in [-0.15, -0.1) is 10.2 Å². The Morgan fingerprint density at radius 3 is 2.52 bits per heavy atom. The largest absolute Gasteiger partial charge is 0.381 e. The maximum Gasteiger partial charge on any atom is 0.148 e. The number of piperidine rings is 1. The van der Waals surface area contributed by atoms with Crippen molar-refractivity contribution in [2.45, 2.75) is 45.4 Å². The van der Waals surface area contributed by atoms with Gasteiger partial charge in [-0.1, -0.05) is 0 Å². The first-order chi connectivity index (χ1) is 15.1. The summed E-state index contributed by atoms with van der Waals surface area (Å²) in [5.74, 6) is 2.50. The maximum atomic E-state index is 5.51. The van der Waals surface area contributed by atoms with Gasteiger partial charge in [-0.3, -0.25) is 4.68 Å². The van der Waals surface area contributed by atoms with Gasteiger partial charge < -0.3 is 15.0 Å². The van der Waals surface area contributed by atoms with E-state index in [0.29, 0.717) is 5.41 Å². The van der Waals surface area contributed by atoms with Crippen LogP contribution in [0.4, 0.5) is 5.82 Å². The van der Waals surface area contributed by atoms with Crippen molar-refractivity contribution in [1.29, 1.82) is 0 Å². The number of likely N-dealkylation sites (tertiary alicyclic amines) is 1. The van der Waals surface area contributed by atoms with Crippen LogP contribution in [0.1, 0.15) is 44.2 Å². The standard InChI is InChI=1S/C24H36N6O/c1-18-21(17-29(2)28-18)22-3-4-23(27-26-22)25-15-20-13-24(14-20)7-9-30(10-8-24)16-19-5-11-31-12-6-19/h3-4,17,19-20H,5-16H2,1-2H3,(H,25,27). The average molecular weight is 425 g/mol. The fraction of sp³-hybridized carbons (Fsp3) is 0.708. The van der Waals surface area contributed by atoms with Crippen molar-refractivity contribution >= 4 is 5.82 Å². The molecule has 0 radical (unpaired) electrons. The maximum absolute atomic E-state index is 5.51. The van der Waals surface area contributed by atoms with Gasteiger partial charge in [0.1, 0.15) is 5.82 Å². The van der Waals surface area contributed by atoms with Gasteiger partial charge in [-0.25, -0.2) is 0 Å². The molecule has 0 atom stereocenters. The van der Waals surface area contributed by atoms with Gasteiger partial charge in [-0.05, 0) is 87.9 Å². The van der Waals surface area contributed by atoms with Gasteiger partial charge in [-0.2, -0.15) is 5.10 Å². The predicted octanol–water partition coefficient (Wildman–Crippen LogP) is 3.52. The zero-order valence-electron chi connectivity index (χ0n) is 19.0. The number of aryl methyl sites for hydroxylation is 2. The number of aromatic nitrogens is 4. The second-order valence-electron chi connectivity index (χ2n) is 10.1. The van der Waals surface area contributed by atoms with Crippen LogP contribution in [0.25, 0.3) is 11.3 Å². The van der Waals surface area contributed by atoms with Crippen molar-refractivity contribution in [3.05, 3.63) is 24.0 Å². The van der Waals surface area contributed by atoms with Crippen LogP contribution in [0.15, 0.2) is 18.3 Å². The van der Waals surface area contributed by atoms with E-state index in [-0.39, 0.29) is 0 Å². The molecule has 2 aromatic rings. The highest BCUT2D eigenvalue weighted by molar-refractivity contribution is 5.61. The number of hydrogen-bond acceptors (Lipinski definition) is 6. The molecule has 1 aliphatic carbocycles. The summed E-state index contributed by atoms with van der Waals surface area (Å²) in [6.45, 7) is 8.81. The average Bonchev–Trinajstić information content (AvgIpc) is 3.11. The Bertz CT molecular complexity index is 857. The monoisotopic (exact) mass is 424 g/mol. The molecule has 7 nitrogen and oxygen atoms in total. The molecule has 4 heterocycles. The van der Waals surface area contributed by atoms with Gasteiger partial charge >= 0.3 is 0 Å². The number of nitrogens with one attached hydrogen (secondary N) is 1. The topological polar surface area (TPSA) is 68.1 Å². The Balaban J connectivity index is 1.04. The summed E-state index contributed by atoms with van der Waals surface area (Å²) in [6.07, 6.45) is 9.99. The van der Waals surface area contributed by atoms with E-state index in [1.807, 2.05) is 37.0 Å². The summed E-state index contributed by atoms with van der Waals surface area (Å²) in [4.78, 5) is 2.72. The van der Waals surface area contributed by atoms with Crippen LogP contribution in [0.2, 0.25) is 0 Å². The zero-order chi connectivity index (χ0) is 21.3. The minimum Gasteiger partial charge on any atom is -0.381 e. The molecule has 2 saturated heterocycles. The lowest BCUT2D eigenvalue weighted by atomic mass is 9.57. The van der Waals surface area contributed by atoms with Gasteiger partial charge in [0, 0.05) is 45.1 Å². The van der Waals surface area contributed by atoms with E-state index in [1.165, 1.54) is 58.2 Å². The van der Waals surface area contributed by atoms with E-state index in [9.17, 15) is 0 Å². The van der Waals surface area contributed by atoms with Gasteiger partial charge in [0.15, 0.2) is 0 Å². The second-order valence-corrected chi connectivity index (χ2v) is 10.1. The molecule has 0 aromatic carbocycles. The summed E-state index contributed by atoms with van der Waals surface area (Å²) in [5.41, 5.74) is 3.53. The first-order valence-electron chi connectivity index (χ1n) is 12.0. The summed E-state index contributed by atoms with van der Waals surface area (Å²) in [6, 6.07) is 4.08. The molecule has 0 amide bonds. The van der Waals surface area contributed by atoms with E-state index in [0.717, 1.165) is 54.4 Å². The lowest BCUT2D eigenvalue weighted by Crippen LogP contribution is -2.49. The third kappa shape index (κ3) is 4.77. The Hall–Kier alpha value is -1.99. The molecule has 31 heavy (non-hydrogen) atoms. The second kappa shape index (κ2) is 8.87. The molecule has 1 N–H and O–H groups in total. The molecule has 1 saturated carbocycles. The number of anilines is 1. The first kappa shape index (κ1) is 20.9. The summed E-state index contributed by atoms with van der Waals surface area (Å²) in [5, 5.41) is 16.7. The molecule has 5 rings (SSSR count). The summed E-state index contributed by atoms with van der Waals surface area (Å²) < 4.78 is 7.33. The smallest absolute Gasteiger partial charge is 0.148 e. The number of rotatable bonds is 6. The Labute approximate surface area is 185 Å². The summed E-state index contributed by atoms with van der Waals surface area (Å²) in [7, 11) is 1.93. The van der Waals surface area contributed by atoms with Crippen LogP contribution in [-0.4, -0.2) is 64.3 Å². The Morgan fingerprint density at radius 1 is 1.10 bits per heavy atom. The highest BCUT2D eigenvalue weighted by Crippen LogP contribution is 2.52. The molecule has 3 fully saturated rings. The minimum absolute atomic E-state index is 0.617. The predicted molar refractivity (Wildman–Crippen MR) is 122 cm³/mol. The third-order valence-corrected chi connectivity index (χ3v) is 7.74. The van der Waals surface area contributed by atoms with Gasteiger partial charge in [0.05, 0.1) is 11.4 Å². The van der Waals surface area contributed by atoms with E-state index in [2.05, 4.69) is 25.5 Å². The number of ether oxygens (including phenoxy) is 1. The normalized spacial score (nSPS) is 22.5. The Morgan fingerprint density at radius 2 is 1.87 bits per heavy atom. The van der Waals surface area contributed by atoms with Crippen LogP contribution in [0, 0.1) is 24.2 Å². The van der Waals surface area contributed by atoms with E-state index < -0.39 is 0 Å². The number of nitrogens with zero attached hydrogens (tertiary/aromatic N) is 5. The number of hydrogen-bond donors (Lipinski definition) is 1. The van der Waals surface area contributed by atoms with Crippen LogP contribution in [0.3, 0.4) is 0 Å². The molecule has 7 heteroatoms. The molecule has 2 aromatic heterocycles.